The van der Waals surface area contributed by atoms with Crippen LogP contribution in [0.25, 0.3) is 0 Å². The fourth-order valence-electron chi connectivity index (χ4n) is 1.38. The van der Waals surface area contributed by atoms with Crippen LogP contribution in [-0.2, 0) is 4.79 Å². The van der Waals surface area contributed by atoms with Gasteiger partial charge in [0.15, 0.2) is 0 Å². The number of hydrogen-bond acceptors (Lipinski definition) is 3. The highest BCUT2D eigenvalue weighted by Crippen LogP contribution is 2.07. The quantitative estimate of drug-likeness (QED) is 0.686. The van der Waals surface area contributed by atoms with Gasteiger partial charge in [0.1, 0.15) is 0 Å². The summed E-state index contributed by atoms with van der Waals surface area (Å²) in [5, 5.41) is 12.9. The molecule has 0 saturated heterocycles. The third-order valence-electron chi connectivity index (χ3n) is 2.97. The predicted molar refractivity (Wildman–Crippen MR) is 66.3 cm³/mol. The zero-order valence-corrected chi connectivity index (χ0v) is 11.2. The molecule has 0 aromatic rings. The van der Waals surface area contributed by atoms with Gasteiger partial charge in [-0.15, -0.1) is 0 Å². The molecular weight excluding hydrogens is 204 g/mol. The number of nitrogens with one attached hydrogen (secondary N) is 1. The fraction of sp³-hybridized carbons (Fsp3) is 0.917. The van der Waals surface area contributed by atoms with Gasteiger partial charge in [0.25, 0.3) is 0 Å². The van der Waals surface area contributed by atoms with Crippen molar-refractivity contribution in [1.82, 2.24) is 10.2 Å². The Balaban J connectivity index is 3.86. The second kappa shape index (κ2) is 6.86. The molecule has 0 saturated carbocycles. The lowest BCUT2D eigenvalue weighted by molar-refractivity contribution is -0.130. The van der Waals surface area contributed by atoms with Crippen molar-refractivity contribution in [2.24, 2.45) is 0 Å². The van der Waals surface area contributed by atoms with E-state index >= 15 is 0 Å². The average molecular weight is 230 g/mol. The molecule has 0 spiro atoms. The molecule has 1 amide bonds. The molecule has 0 aromatic heterocycles. The van der Waals surface area contributed by atoms with Gasteiger partial charge in [-0.05, 0) is 34.6 Å². The van der Waals surface area contributed by atoms with Gasteiger partial charge in [0.05, 0.1) is 5.60 Å². The summed E-state index contributed by atoms with van der Waals surface area (Å²) >= 11 is 0. The van der Waals surface area contributed by atoms with Crippen LogP contribution in [0, 0.1) is 0 Å². The Hall–Kier alpha value is -0.610. The van der Waals surface area contributed by atoms with Crippen LogP contribution in [0.5, 0.6) is 0 Å². The van der Waals surface area contributed by atoms with Crippen molar-refractivity contribution >= 4 is 5.91 Å². The summed E-state index contributed by atoms with van der Waals surface area (Å²) in [4.78, 5) is 13.5. The molecule has 1 atom stereocenters. The number of amides is 1. The summed E-state index contributed by atoms with van der Waals surface area (Å²) in [5.74, 6) is 0.167. The third kappa shape index (κ3) is 5.47. The van der Waals surface area contributed by atoms with Gasteiger partial charge in [0.2, 0.25) is 5.91 Å². The van der Waals surface area contributed by atoms with E-state index in [2.05, 4.69) is 5.32 Å². The molecule has 0 radical (unpaired) electrons. The van der Waals surface area contributed by atoms with Crippen molar-refractivity contribution in [2.45, 2.75) is 52.7 Å². The largest absolute Gasteiger partial charge is 0.389 e. The Labute approximate surface area is 99.0 Å². The van der Waals surface area contributed by atoms with Crippen molar-refractivity contribution in [2.75, 3.05) is 19.6 Å². The maximum Gasteiger partial charge on any atom is 0.223 e. The minimum Gasteiger partial charge on any atom is -0.389 e. The molecule has 0 aliphatic carbocycles. The summed E-state index contributed by atoms with van der Waals surface area (Å²) in [6, 6.07) is -0.0167. The molecule has 0 aromatic carbocycles. The van der Waals surface area contributed by atoms with Crippen molar-refractivity contribution < 1.29 is 9.90 Å². The van der Waals surface area contributed by atoms with Gasteiger partial charge < -0.3 is 15.3 Å². The Morgan fingerprint density at radius 3 is 2.25 bits per heavy atom. The summed E-state index contributed by atoms with van der Waals surface area (Å²) in [6.45, 7) is 11.5. The highest BCUT2D eigenvalue weighted by molar-refractivity contribution is 5.76. The van der Waals surface area contributed by atoms with E-state index in [4.69, 9.17) is 0 Å². The van der Waals surface area contributed by atoms with E-state index in [1.165, 1.54) is 0 Å². The van der Waals surface area contributed by atoms with E-state index in [1.54, 1.807) is 13.8 Å². The zero-order valence-electron chi connectivity index (χ0n) is 11.2. The molecule has 0 heterocycles. The average Bonchev–Trinajstić information content (AvgIpc) is 2.18. The first-order chi connectivity index (χ1) is 7.32. The third-order valence-corrected chi connectivity index (χ3v) is 2.97. The van der Waals surface area contributed by atoms with E-state index in [9.17, 15) is 9.90 Å². The van der Waals surface area contributed by atoms with Crippen LogP contribution >= 0.6 is 0 Å². The van der Waals surface area contributed by atoms with Crippen LogP contribution in [0.2, 0.25) is 0 Å². The SMILES string of the molecule is CCN(CC)C(=O)CCNC(C)C(C)(C)O. The maximum atomic E-state index is 11.7. The number of rotatable bonds is 7. The molecule has 0 rings (SSSR count). The number of nitrogens with zero attached hydrogens (tertiary/aromatic N) is 1. The van der Waals surface area contributed by atoms with E-state index in [0.29, 0.717) is 13.0 Å². The fourth-order valence-corrected chi connectivity index (χ4v) is 1.38. The van der Waals surface area contributed by atoms with Gasteiger partial charge in [0, 0.05) is 32.1 Å². The minimum atomic E-state index is -0.752. The number of hydrogen-bond donors (Lipinski definition) is 2. The standard InChI is InChI=1S/C12H26N2O2/c1-6-14(7-2)11(15)8-9-13-10(3)12(4,5)16/h10,13,16H,6-9H2,1-5H3. The highest BCUT2D eigenvalue weighted by atomic mass is 16.3. The second-order valence-corrected chi connectivity index (χ2v) is 4.65. The van der Waals surface area contributed by atoms with Gasteiger partial charge in [-0.25, -0.2) is 0 Å². The maximum absolute atomic E-state index is 11.7. The van der Waals surface area contributed by atoms with Crippen molar-refractivity contribution in [3.05, 3.63) is 0 Å². The van der Waals surface area contributed by atoms with Crippen LogP contribution in [0.4, 0.5) is 0 Å². The number of carbonyl (C=O) groups is 1. The van der Waals surface area contributed by atoms with Crippen molar-refractivity contribution in [1.29, 1.82) is 0 Å². The monoisotopic (exact) mass is 230 g/mol. The van der Waals surface area contributed by atoms with Gasteiger partial charge in [-0.3, -0.25) is 4.79 Å². The van der Waals surface area contributed by atoms with Gasteiger partial charge in [-0.2, -0.15) is 0 Å². The lowest BCUT2D eigenvalue weighted by Gasteiger charge is -2.27. The summed E-state index contributed by atoms with van der Waals surface area (Å²) in [7, 11) is 0. The van der Waals surface area contributed by atoms with Gasteiger partial charge >= 0.3 is 0 Å². The lowest BCUT2D eigenvalue weighted by Crippen LogP contribution is -2.45. The first-order valence-electron chi connectivity index (χ1n) is 6.06. The molecule has 4 nitrogen and oxygen atoms in total. The van der Waals surface area contributed by atoms with E-state index < -0.39 is 5.60 Å². The first-order valence-corrected chi connectivity index (χ1v) is 6.06. The molecule has 2 N–H and O–H groups in total. The highest BCUT2D eigenvalue weighted by Gasteiger charge is 2.21. The normalized spacial score (nSPS) is 13.6. The van der Waals surface area contributed by atoms with Gasteiger partial charge in [-0.1, -0.05) is 0 Å². The van der Waals surface area contributed by atoms with E-state index in [0.717, 1.165) is 13.1 Å². The molecule has 0 fully saturated rings. The van der Waals surface area contributed by atoms with Crippen LogP contribution in [-0.4, -0.2) is 47.2 Å². The van der Waals surface area contributed by atoms with Crippen LogP contribution in [0.15, 0.2) is 0 Å². The summed E-state index contributed by atoms with van der Waals surface area (Å²) in [5.41, 5.74) is -0.752. The minimum absolute atomic E-state index is 0.0167. The lowest BCUT2D eigenvalue weighted by atomic mass is 10.0. The Morgan fingerprint density at radius 2 is 1.88 bits per heavy atom. The number of carbonyl (C=O) groups excluding carboxylic acids is 1. The van der Waals surface area contributed by atoms with E-state index in [-0.39, 0.29) is 11.9 Å². The molecule has 4 heteroatoms. The number of aliphatic hydroxyl groups is 1. The molecule has 96 valence electrons. The smallest absolute Gasteiger partial charge is 0.223 e. The van der Waals surface area contributed by atoms with Crippen LogP contribution < -0.4 is 5.32 Å². The first kappa shape index (κ1) is 15.4. The van der Waals surface area contributed by atoms with Crippen molar-refractivity contribution in [3.8, 4) is 0 Å². The Morgan fingerprint density at radius 1 is 1.38 bits per heavy atom. The summed E-state index contributed by atoms with van der Waals surface area (Å²) in [6.07, 6.45) is 0.488. The Kier molecular flexibility index (Phi) is 6.60. The predicted octanol–water partition coefficient (Wildman–Crippen LogP) is 0.994. The van der Waals surface area contributed by atoms with E-state index in [1.807, 2.05) is 25.7 Å². The topological polar surface area (TPSA) is 52.6 Å². The Bertz CT molecular complexity index is 208. The molecule has 0 aliphatic heterocycles. The molecule has 16 heavy (non-hydrogen) atoms. The second-order valence-electron chi connectivity index (χ2n) is 4.65. The summed E-state index contributed by atoms with van der Waals surface area (Å²) < 4.78 is 0. The van der Waals surface area contributed by atoms with Crippen LogP contribution in [0.1, 0.15) is 41.0 Å². The van der Waals surface area contributed by atoms with Crippen molar-refractivity contribution in [3.63, 3.8) is 0 Å². The zero-order chi connectivity index (χ0) is 12.8. The molecule has 0 bridgehead atoms. The molecule has 1 unspecified atom stereocenters. The molecular formula is C12H26N2O2. The van der Waals surface area contributed by atoms with Crippen LogP contribution in [0.3, 0.4) is 0 Å². The molecule has 0 aliphatic rings.